The van der Waals surface area contributed by atoms with Crippen molar-refractivity contribution in [3.63, 3.8) is 0 Å². The van der Waals surface area contributed by atoms with Crippen molar-refractivity contribution in [3.05, 3.63) is 28.2 Å². The molecule has 8 nitrogen and oxygen atoms in total. The van der Waals surface area contributed by atoms with Gasteiger partial charge in [-0.3, -0.25) is 19.3 Å². The summed E-state index contributed by atoms with van der Waals surface area (Å²) in [5.74, 6) is -1.88. The van der Waals surface area contributed by atoms with Gasteiger partial charge in [0, 0.05) is 15.7 Å². The molecule has 1 aromatic carbocycles. The number of hydrogen-bond acceptors (Lipinski definition) is 5. The number of hydrogen-bond donors (Lipinski definition) is 2. The van der Waals surface area contributed by atoms with Crippen LogP contribution in [0.2, 0.25) is 10.0 Å². The van der Waals surface area contributed by atoms with Gasteiger partial charge in [0.2, 0.25) is 0 Å². The van der Waals surface area contributed by atoms with Crippen molar-refractivity contribution in [1.82, 2.24) is 10.2 Å². The van der Waals surface area contributed by atoms with Crippen LogP contribution in [0.1, 0.15) is 25.7 Å². The van der Waals surface area contributed by atoms with E-state index < -0.39 is 42.5 Å². The van der Waals surface area contributed by atoms with Crippen molar-refractivity contribution in [3.8, 4) is 0 Å². The quantitative estimate of drug-likeness (QED) is 0.569. The molecule has 0 aromatic heterocycles. The highest BCUT2D eigenvalue weighted by Gasteiger charge is 2.52. The molecule has 27 heavy (non-hydrogen) atoms. The number of halogens is 2. The lowest BCUT2D eigenvalue weighted by Crippen LogP contribution is -2.44. The largest absolute Gasteiger partial charge is 0.454 e. The number of nitrogens with zero attached hydrogens (tertiary/aromatic N) is 1. The minimum absolute atomic E-state index is 0.342. The molecule has 2 aliphatic rings. The molecule has 4 amide bonds. The molecule has 0 atom stereocenters. The molecule has 10 heteroatoms. The Hall–Kier alpha value is -2.32. The first-order valence-corrected chi connectivity index (χ1v) is 9.10. The van der Waals surface area contributed by atoms with Crippen molar-refractivity contribution >= 4 is 52.7 Å². The van der Waals surface area contributed by atoms with Crippen LogP contribution in [0.4, 0.5) is 10.5 Å². The molecule has 3 rings (SSSR count). The predicted octanol–water partition coefficient (Wildman–Crippen LogP) is 2.34. The molecule has 1 heterocycles. The molecular formula is C17H17Cl2N3O5. The fraction of sp³-hybridized carbons (Fsp3) is 0.412. The van der Waals surface area contributed by atoms with Gasteiger partial charge in [-0.2, -0.15) is 0 Å². The first-order chi connectivity index (χ1) is 12.8. The van der Waals surface area contributed by atoms with Gasteiger partial charge in [-0.05, 0) is 31.0 Å². The van der Waals surface area contributed by atoms with E-state index >= 15 is 0 Å². The summed E-state index contributed by atoms with van der Waals surface area (Å²) in [6.45, 7) is -1.11. The Morgan fingerprint density at radius 3 is 2.41 bits per heavy atom. The molecule has 0 bridgehead atoms. The first kappa shape index (κ1) is 19.4. The second-order valence-corrected chi connectivity index (χ2v) is 7.35. The van der Waals surface area contributed by atoms with E-state index in [2.05, 4.69) is 10.6 Å². The number of urea groups is 1. The molecule has 144 valence electrons. The van der Waals surface area contributed by atoms with Gasteiger partial charge >= 0.3 is 12.0 Å². The molecule has 2 fully saturated rings. The zero-order valence-electron chi connectivity index (χ0n) is 14.2. The third-order valence-corrected chi connectivity index (χ3v) is 4.94. The average molecular weight is 414 g/mol. The van der Waals surface area contributed by atoms with E-state index in [1.165, 1.54) is 18.2 Å². The van der Waals surface area contributed by atoms with E-state index in [-0.39, 0.29) is 0 Å². The van der Waals surface area contributed by atoms with E-state index in [1.807, 2.05) is 0 Å². The second kappa shape index (κ2) is 7.74. The molecule has 1 aliphatic carbocycles. The van der Waals surface area contributed by atoms with E-state index in [1.54, 1.807) is 0 Å². The highest BCUT2D eigenvalue weighted by atomic mass is 35.5. The molecule has 1 saturated heterocycles. The third kappa shape index (κ3) is 4.33. The first-order valence-electron chi connectivity index (χ1n) is 8.35. The monoisotopic (exact) mass is 413 g/mol. The summed E-state index contributed by atoms with van der Waals surface area (Å²) in [5, 5.41) is 5.84. The van der Waals surface area contributed by atoms with Gasteiger partial charge in [0.15, 0.2) is 6.61 Å². The van der Waals surface area contributed by atoms with Crippen LogP contribution in [0, 0.1) is 0 Å². The van der Waals surface area contributed by atoms with Gasteiger partial charge in [-0.1, -0.05) is 36.0 Å². The maximum absolute atomic E-state index is 12.4. The van der Waals surface area contributed by atoms with E-state index in [9.17, 15) is 19.2 Å². The van der Waals surface area contributed by atoms with Crippen molar-refractivity contribution in [1.29, 1.82) is 0 Å². The number of rotatable bonds is 5. The number of carbonyl (C=O) groups is 4. The summed E-state index contributed by atoms with van der Waals surface area (Å²) in [7, 11) is 0. The van der Waals surface area contributed by atoms with Crippen LogP contribution in [0.5, 0.6) is 0 Å². The zero-order chi connectivity index (χ0) is 19.6. The summed E-state index contributed by atoms with van der Waals surface area (Å²) in [4.78, 5) is 49.1. The number of esters is 1. The van der Waals surface area contributed by atoms with Crippen molar-refractivity contribution < 1.29 is 23.9 Å². The normalized spacial score (nSPS) is 17.9. The Morgan fingerprint density at radius 2 is 1.78 bits per heavy atom. The number of anilines is 1. The molecule has 1 spiro atoms. The van der Waals surface area contributed by atoms with Crippen LogP contribution >= 0.6 is 23.2 Å². The predicted molar refractivity (Wildman–Crippen MR) is 97.5 cm³/mol. The summed E-state index contributed by atoms with van der Waals surface area (Å²) in [6.07, 6.45) is 2.82. The lowest BCUT2D eigenvalue weighted by atomic mass is 9.98. The van der Waals surface area contributed by atoms with Crippen LogP contribution in [0.15, 0.2) is 18.2 Å². The molecule has 1 saturated carbocycles. The fourth-order valence-electron chi connectivity index (χ4n) is 3.28. The minimum Gasteiger partial charge on any atom is -0.454 e. The summed E-state index contributed by atoms with van der Waals surface area (Å²) >= 11 is 11.7. The van der Waals surface area contributed by atoms with Gasteiger partial charge in [0.05, 0.1) is 0 Å². The van der Waals surface area contributed by atoms with E-state index in [0.717, 1.165) is 17.7 Å². The topological polar surface area (TPSA) is 105 Å². The van der Waals surface area contributed by atoms with Gasteiger partial charge in [0.1, 0.15) is 12.1 Å². The summed E-state index contributed by atoms with van der Waals surface area (Å²) in [6, 6.07) is 3.87. The lowest BCUT2D eigenvalue weighted by Gasteiger charge is -2.19. The molecule has 1 aliphatic heterocycles. The number of ether oxygens (including phenoxy) is 1. The standard InChI is InChI=1S/C17H17Cl2N3O5/c18-10-5-11(19)7-12(6-10)20-13(23)9-27-14(24)8-22-15(25)17(21-16(22)26)3-1-2-4-17/h5-7H,1-4,8-9H2,(H,20,23)(H,21,26). The maximum atomic E-state index is 12.4. The maximum Gasteiger partial charge on any atom is 0.326 e. The number of benzene rings is 1. The van der Waals surface area contributed by atoms with Gasteiger partial charge in [-0.25, -0.2) is 4.79 Å². The number of nitrogens with one attached hydrogen (secondary N) is 2. The lowest BCUT2D eigenvalue weighted by molar-refractivity contribution is -0.150. The Labute approximate surface area is 165 Å². The number of imide groups is 1. The van der Waals surface area contributed by atoms with E-state index in [0.29, 0.717) is 28.6 Å². The Morgan fingerprint density at radius 1 is 1.15 bits per heavy atom. The van der Waals surface area contributed by atoms with E-state index in [4.69, 9.17) is 27.9 Å². The molecular weight excluding hydrogens is 397 g/mol. The molecule has 1 aromatic rings. The summed E-state index contributed by atoms with van der Waals surface area (Å²) < 4.78 is 4.86. The molecule has 2 N–H and O–H groups in total. The second-order valence-electron chi connectivity index (χ2n) is 6.48. The van der Waals surface area contributed by atoms with Crippen LogP contribution in [0.25, 0.3) is 0 Å². The fourth-order valence-corrected chi connectivity index (χ4v) is 3.81. The smallest absolute Gasteiger partial charge is 0.326 e. The van der Waals surface area contributed by atoms with Gasteiger partial charge in [-0.15, -0.1) is 0 Å². The van der Waals surface area contributed by atoms with Crippen molar-refractivity contribution in [2.45, 2.75) is 31.2 Å². The summed E-state index contributed by atoms with van der Waals surface area (Å²) in [5.41, 5.74) is -0.536. The Balaban J connectivity index is 1.50. The Bertz CT molecular complexity index is 788. The number of amides is 4. The highest BCUT2D eigenvalue weighted by molar-refractivity contribution is 6.35. The van der Waals surface area contributed by atoms with Crippen molar-refractivity contribution in [2.75, 3.05) is 18.5 Å². The minimum atomic E-state index is -0.888. The van der Waals surface area contributed by atoms with Crippen LogP contribution < -0.4 is 10.6 Å². The molecule has 0 radical (unpaired) electrons. The Kier molecular flexibility index (Phi) is 5.57. The van der Waals surface area contributed by atoms with Crippen molar-refractivity contribution in [2.24, 2.45) is 0 Å². The highest BCUT2D eigenvalue weighted by Crippen LogP contribution is 2.34. The third-order valence-electron chi connectivity index (χ3n) is 4.50. The zero-order valence-corrected chi connectivity index (χ0v) is 15.7. The van der Waals surface area contributed by atoms with Crippen LogP contribution in [0.3, 0.4) is 0 Å². The van der Waals surface area contributed by atoms with Crippen LogP contribution in [-0.2, 0) is 19.1 Å². The molecule has 0 unspecified atom stereocenters. The average Bonchev–Trinajstić information content (AvgIpc) is 3.13. The SMILES string of the molecule is O=C(COC(=O)CN1C(=O)NC2(CCCC2)C1=O)Nc1cc(Cl)cc(Cl)c1. The van der Waals surface area contributed by atoms with Crippen LogP contribution in [-0.4, -0.2) is 47.4 Å². The number of carbonyl (C=O) groups excluding carboxylic acids is 4. The van der Waals surface area contributed by atoms with Gasteiger partial charge < -0.3 is 15.4 Å². The van der Waals surface area contributed by atoms with Gasteiger partial charge in [0.25, 0.3) is 11.8 Å².